The molecule has 0 radical (unpaired) electrons. The first-order chi connectivity index (χ1) is 6.59. The van der Waals surface area contributed by atoms with Crippen LogP contribution in [0.2, 0.25) is 0 Å². The maximum absolute atomic E-state index is 12.2. The average Bonchev–Trinajstić information content (AvgIpc) is 2.02. The van der Waals surface area contributed by atoms with Crippen molar-refractivity contribution in [3.05, 3.63) is 0 Å². The summed E-state index contributed by atoms with van der Waals surface area (Å²) in [4.78, 5) is 0. The Labute approximate surface area is 80.1 Å². The van der Waals surface area contributed by atoms with Crippen molar-refractivity contribution in [2.75, 3.05) is 6.79 Å². The summed E-state index contributed by atoms with van der Waals surface area (Å²) >= 11 is 0. The molecule has 2 unspecified atom stereocenters. The van der Waals surface area contributed by atoms with Crippen LogP contribution in [0.3, 0.4) is 0 Å². The van der Waals surface area contributed by atoms with Crippen LogP contribution in [0.15, 0.2) is 0 Å². The van der Waals surface area contributed by atoms with Crippen molar-refractivity contribution in [2.24, 2.45) is 11.5 Å². The van der Waals surface area contributed by atoms with Gasteiger partial charge in [0.1, 0.15) is 0 Å². The van der Waals surface area contributed by atoms with E-state index in [1.807, 2.05) is 0 Å². The minimum absolute atomic E-state index is 1.77. The fourth-order valence-electron chi connectivity index (χ4n) is 0.346. The van der Waals surface area contributed by atoms with E-state index in [0.29, 0.717) is 0 Å². The second-order valence-corrected chi connectivity index (χ2v) is 2.33. The van der Waals surface area contributed by atoms with Crippen molar-refractivity contribution in [1.82, 2.24) is 0 Å². The molecule has 10 heteroatoms. The number of ether oxygens (including phenoxy) is 2. The first-order valence-corrected chi connectivity index (χ1v) is 3.42. The molecule has 0 bridgehead atoms. The van der Waals surface area contributed by atoms with Gasteiger partial charge in [0.2, 0.25) is 12.6 Å². The Morgan fingerprint density at radius 1 is 0.867 bits per heavy atom. The molecule has 0 rings (SSSR count). The van der Waals surface area contributed by atoms with Crippen LogP contribution in [-0.2, 0) is 9.47 Å². The molecular weight excluding hydrogens is 234 g/mol. The fourth-order valence-corrected chi connectivity index (χ4v) is 0.346. The lowest BCUT2D eigenvalue weighted by Gasteiger charge is -2.21. The van der Waals surface area contributed by atoms with E-state index < -0.39 is 31.6 Å². The molecule has 0 heterocycles. The third-order valence-electron chi connectivity index (χ3n) is 1.14. The quantitative estimate of drug-likeness (QED) is 0.408. The molecule has 0 aromatic heterocycles. The number of hydrogen-bond donors (Lipinski definition) is 2. The molecule has 0 saturated heterocycles. The highest BCUT2D eigenvalue weighted by atomic mass is 19.3. The number of alkyl halides is 6. The van der Waals surface area contributed by atoms with Crippen LogP contribution in [0.1, 0.15) is 0 Å². The molecule has 0 aromatic rings. The highest BCUT2D eigenvalue weighted by Crippen LogP contribution is 2.23. The molecule has 92 valence electrons. The second kappa shape index (κ2) is 4.96. The van der Waals surface area contributed by atoms with Crippen molar-refractivity contribution >= 4 is 0 Å². The van der Waals surface area contributed by atoms with Crippen molar-refractivity contribution in [3.63, 3.8) is 0 Å². The lowest BCUT2D eigenvalue weighted by atomic mass is 10.6. The third-order valence-corrected chi connectivity index (χ3v) is 1.14. The first-order valence-electron chi connectivity index (χ1n) is 3.42. The number of hydrogen-bond acceptors (Lipinski definition) is 4. The van der Waals surface area contributed by atoms with Crippen LogP contribution in [0.5, 0.6) is 0 Å². The van der Waals surface area contributed by atoms with Gasteiger partial charge in [-0.2, -0.15) is 17.6 Å². The first kappa shape index (κ1) is 14.4. The molecule has 0 aliphatic rings. The molecule has 0 amide bonds. The van der Waals surface area contributed by atoms with E-state index in [2.05, 4.69) is 20.9 Å². The minimum Gasteiger partial charge on any atom is -0.294 e. The smallest absolute Gasteiger partial charge is 0.294 e. The maximum Gasteiger partial charge on any atom is 0.402 e. The molecule has 0 aromatic carbocycles. The Hall–Kier alpha value is -0.580. The standard InChI is InChI=1S/C5H8F6N2O2/c6-2(12)4(8,9)14-1-15-5(10,11)3(7)13/h2-3H,1,12-13H2. The SMILES string of the molecule is NC(F)C(F)(F)OCOC(F)(F)C(N)F. The molecule has 4 nitrogen and oxygen atoms in total. The Morgan fingerprint density at radius 3 is 1.33 bits per heavy atom. The zero-order valence-electron chi connectivity index (χ0n) is 7.10. The van der Waals surface area contributed by atoms with Crippen LogP contribution >= 0.6 is 0 Å². The summed E-state index contributed by atoms with van der Waals surface area (Å²) < 4.78 is 78.7. The summed E-state index contributed by atoms with van der Waals surface area (Å²) in [5.41, 5.74) is 8.19. The number of rotatable bonds is 6. The van der Waals surface area contributed by atoms with Gasteiger partial charge in [0, 0.05) is 0 Å². The molecule has 0 aliphatic heterocycles. The van der Waals surface area contributed by atoms with Gasteiger partial charge in [0.15, 0.2) is 6.79 Å². The highest BCUT2D eigenvalue weighted by molar-refractivity contribution is 4.60. The molecular formula is C5H8F6N2O2. The second-order valence-electron chi connectivity index (χ2n) is 2.33. The van der Waals surface area contributed by atoms with E-state index in [0.717, 1.165) is 0 Å². The molecule has 0 saturated carbocycles. The zero-order valence-corrected chi connectivity index (χ0v) is 7.10. The Balaban J connectivity index is 4.00. The van der Waals surface area contributed by atoms with E-state index in [4.69, 9.17) is 0 Å². The van der Waals surface area contributed by atoms with Gasteiger partial charge in [-0.1, -0.05) is 0 Å². The van der Waals surface area contributed by atoms with Gasteiger partial charge >= 0.3 is 12.2 Å². The summed E-state index contributed by atoms with van der Waals surface area (Å²) in [7, 11) is 0. The molecule has 0 spiro atoms. The Morgan fingerprint density at radius 2 is 1.13 bits per heavy atom. The largest absolute Gasteiger partial charge is 0.402 e. The topological polar surface area (TPSA) is 70.5 Å². The molecule has 4 N–H and O–H groups in total. The predicted octanol–water partition coefficient (Wildman–Crippen LogP) is 0.671. The lowest BCUT2D eigenvalue weighted by molar-refractivity contribution is -0.361. The summed E-state index contributed by atoms with van der Waals surface area (Å²) in [5, 5.41) is 0. The average molecular weight is 242 g/mol. The summed E-state index contributed by atoms with van der Waals surface area (Å²) in [5.74, 6) is 0. The Kier molecular flexibility index (Phi) is 4.77. The number of nitrogens with two attached hydrogens (primary N) is 2. The van der Waals surface area contributed by atoms with Crippen molar-refractivity contribution in [2.45, 2.75) is 24.8 Å². The maximum atomic E-state index is 12.2. The molecule has 2 atom stereocenters. The van der Waals surface area contributed by atoms with Crippen LogP contribution < -0.4 is 11.5 Å². The van der Waals surface area contributed by atoms with Crippen molar-refractivity contribution in [1.29, 1.82) is 0 Å². The zero-order chi connectivity index (χ0) is 12.3. The molecule has 0 aliphatic carbocycles. The van der Waals surface area contributed by atoms with Crippen LogP contribution in [0.4, 0.5) is 26.3 Å². The predicted molar refractivity (Wildman–Crippen MR) is 35.1 cm³/mol. The number of halogens is 6. The molecule has 0 fully saturated rings. The van der Waals surface area contributed by atoms with E-state index in [1.54, 1.807) is 0 Å². The van der Waals surface area contributed by atoms with E-state index in [-0.39, 0.29) is 0 Å². The van der Waals surface area contributed by atoms with Gasteiger partial charge < -0.3 is 0 Å². The summed E-state index contributed by atoms with van der Waals surface area (Å²) in [6.45, 7) is -1.77. The normalized spacial score (nSPS) is 17.6. The highest BCUT2D eigenvalue weighted by Gasteiger charge is 2.43. The minimum atomic E-state index is -4.50. The van der Waals surface area contributed by atoms with Gasteiger partial charge in [-0.15, -0.1) is 0 Å². The van der Waals surface area contributed by atoms with Gasteiger partial charge in [-0.25, -0.2) is 8.78 Å². The monoisotopic (exact) mass is 242 g/mol. The van der Waals surface area contributed by atoms with Crippen LogP contribution in [-0.4, -0.2) is 31.6 Å². The Bertz CT molecular complexity index is 180. The van der Waals surface area contributed by atoms with Crippen molar-refractivity contribution in [3.8, 4) is 0 Å². The van der Waals surface area contributed by atoms with Gasteiger partial charge in [-0.05, 0) is 0 Å². The lowest BCUT2D eigenvalue weighted by Crippen LogP contribution is -2.43. The third kappa shape index (κ3) is 4.64. The van der Waals surface area contributed by atoms with Crippen LogP contribution in [0.25, 0.3) is 0 Å². The summed E-state index contributed by atoms with van der Waals surface area (Å²) in [6.07, 6.45) is -15.4. The van der Waals surface area contributed by atoms with E-state index in [9.17, 15) is 26.3 Å². The fraction of sp³-hybridized carbons (Fsp3) is 1.00. The van der Waals surface area contributed by atoms with Crippen molar-refractivity contribution < 1.29 is 35.8 Å². The van der Waals surface area contributed by atoms with Gasteiger partial charge in [0.25, 0.3) is 0 Å². The summed E-state index contributed by atoms with van der Waals surface area (Å²) in [6, 6.07) is 0. The van der Waals surface area contributed by atoms with Crippen LogP contribution in [0, 0.1) is 0 Å². The van der Waals surface area contributed by atoms with Gasteiger partial charge in [0.05, 0.1) is 0 Å². The van der Waals surface area contributed by atoms with Gasteiger partial charge in [-0.3, -0.25) is 20.9 Å². The van der Waals surface area contributed by atoms with E-state index >= 15 is 0 Å². The van der Waals surface area contributed by atoms with E-state index in [1.165, 1.54) is 0 Å². The molecule has 15 heavy (non-hydrogen) atoms.